The molecule has 4 nitrogen and oxygen atoms in total. The van der Waals surface area contributed by atoms with Crippen molar-refractivity contribution in [2.24, 2.45) is 0 Å². The third kappa shape index (κ3) is 3.41. The van der Waals surface area contributed by atoms with Gasteiger partial charge in [-0.1, -0.05) is 11.6 Å². The van der Waals surface area contributed by atoms with E-state index >= 15 is 0 Å². The van der Waals surface area contributed by atoms with Crippen LogP contribution in [0.3, 0.4) is 0 Å². The first-order chi connectivity index (χ1) is 7.33. The van der Waals surface area contributed by atoms with Crippen LogP contribution in [-0.2, 0) is 11.3 Å². The van der Waals surface area contributed by atoms with Crippen LogP contribution >= 0.6 is 11.6 Å². The summed E-state index contributed by atoms with van der Waals surface area (Å²) in [4.78, 5) is 11.2. The molecular weight excluding hydrogens is 249 g/mol. The van der Waals surface area contributed by atoms with Gasteiger partial charge in [-0.25, -0.2) is 4.79 Å². The first-order valence-electron chi connectivity index (χ1n) is 4.30. The van der Waals surface area contributed by atoms with Gasteiger partial charge in [0.25, 0.3) is 0 Å². The number of hydrogen-bond acceptors (Lipinski definition) is 3. The van der Waals surface area contributed by atoms with Crippen molar-refractivity contribution in [1.29, 1.82) is 0 Å². The third-order valence-electron chi connectivity index (χ3n) is 1.55. The third-order valence-corrected chi connectivity index (χ3v) is 1.83. The molecule has 0 saturated heterocycles. The number of alkyl halides is 3. The normalized spacial score (nSPS) is 11.6. The minimum absolute atomic E-state index is 0.111. The molecule has 0 aromatic carbocycles. The van der Waals surface area contributed by atoms with Crippen molar-refractivity contribution < 1.29 is 22.7 Å². The molecule has 0 amide bonds. The van der Waals surface area contributed by atoms with Gasteiger partial charge in [-0.05, 0) is 6.92 Å². The van der Waals surface area contributed by atoms with Crippen LogP contribution in [0.15, 0.2) is 6.20 Å². The van der Waals surface area contributed by atoms with E-state index in [-0.39, 0.29) is 17.3 Å². The van der Waals surface area contributed by atoms with E-state index in [2.05, 4.69) is 9.84 Å². The molecule has 0 unspecified atom stereocenters. The Bertz CT molecular complexity index is 389. The predicted octanol–water partition coefficient (Wildman–Crippen LogP) is 2.28. The van der Waals surface area contributed by atoms with Gasteiger partial charge in [-0.3, -0.25) is 4.68 Å². The zero-order valence-corrected chi connectivity index (χ0v) is 8.97. The summed E-state index contributed by atoms with van der Waals surface area (Å²) in [5.41, 5.74) is -0.173. The molecule has 1 aromatic rings. The summed E-state index contributed by atoms with van der Waals surface area (Å²) in [5.74, 6) is -0.791. The molecule has 0 fully saturated rings. The predicted molar refractivity (Wildman–Crippen MR) is 49.2 cm³/mol. The van der Waals surface area contributed by atoms with Gasteiger partial charge in [-0.15, -0.1) is 0 Å². The molecule has 1 rings (SSSR count). The molecule has 90 valence electrons. The topological polar surface area (TPSA) is 44.1 Å². The molecule has 0 atom stereocenters. The molecule has 0 radical (unpaired) electrons. The second kappa shape index (κ2) is 4.73. The molecule has 0 aliphatic rings. The van der Waals surface area contributed by atoms with E-state index in [1.54, 1.807) is 6.92 Å². The van der Waals surface area contributed by atoms with Gasteiger partial charge in [0.2, 0.25) is 0 Å². The van der Waals surface area contributed by atoms with Crippen molar-refractivity contribution in [2.45, 2.75) is 19.6 Å². The maximum absolute atomic E-state index is 12.0. The highest BCUT2D eigenvalue weighted by atomic mass is 35.5. The maximum atomic E-state index is 12.0. The Hall–Kier alpha value is -1.24. The monoisotopic (exact) mass is 256 g/mol. The summed E-state index contributed by atoms with van der Waals surface area (Å²) in [6.07, 6.45) is -3.50. The van der Waals surface area contributed by atoms with E-state index < -0.39 is 18.7 Å². The van der Waals surface area contributed by atoms with Crippen LogP contribution in [0.5, 0.6) is 0 Å². The Balaban J connectivity index is 2.86. The van der Waals surface area contributed by atoms with Gasteiger partial charge in [0.05, 0.1) is 6.61 Å². The summed E-state index contributed by atoms with van der Waals surface area (Å²) in [6, 6.07) is 0. The number of aromatic nitrogens is 2. The Kier molecular flexibility index (Phi) is 3.79. The van der Waals surface area contributed by atoms with Gasteiger partial charge in [0.15, 0.2) is 5.15 Å². The fourth-order valence-corrected chi connectivity index (χ4v) is 1.23. The van der Waals surface area contributed by atoms with Crippen LogP contribution in [0.1, 0.15) is 17.3 Å². The highest BCUT2D eigenvalue weighted by molar-refractivity contribution is 6.32. The molecule has 16 heavy (non-hydrogen) atoms. The Morgan fingerprint density at radius 1 is 1.62 bits per heavy atom. The molecule has 1 aromatic heterocycles. The van der Waals surface area contributed by atoms with Gasteiger partial charge in [0, 0.05) is 6.20 Å². The number of ether oxygens (including phenoxy) is 1. The number of esters is 1. The highest BCUT2D eigenvalue weighted by Gasteiger charge is 2.29. The number of carbonyl (C=O) groups excluding carboxylic acids is 1. The lowest BCUT2D eigenvalue weighted by molar-refractivity contribution is -0.142. The SMILES string of the molecule is CCOC(=O)c1cn(CC(F)(F)F)nc1Cl. The van der Waals surface area contributed by atoms with Crippen LogP contribution in [0.2, 0.25) is 5.15 Å². The number of halogens is 4. The van der Waals surface area contributed by atoms with Gasteiger partial charge >= 0.3 is 12.1 Å². The van der Waals surface area contributed by atoms with Crippen LogP contribution < -0.4 is 0 Å². The second-order valence-electron chi connectivity index (χ2n) is 2.87. The van der Waals surface area contributed by atoms with Crippen LogP contribution in [0, 0.1) is 0 Å². The van der Waals surface area contributed by atoms with E-state index in [1.807, 2.05) is 0 Å². The smallest absolute Gasteiger partial charge is 0.408 e. The quantitative estimate of drug-likeness (QED) is 0.780. The van der Waals surface area contributed by atoms with Crippen molar-refractivity contribution in [1.82, 2.24) is 9.78 Å². The van der Waals surface area contributed by atoms with E-state index in [0.29, 0.717) is 4.68 Å². The van der Waals surface area contributed by atoms with Gasteiger partial charge in [0.1, 0.15) is 12.1 Å². The molecule has 0 saturated carbocycles. The van der Waals surface area contributed by atoms with E-state index in [4.69, 9.17) is 11.6 Å². The standard InChI is InChI=1S/C8H8ClF3N2O2/c1-2-16-7(15)5-3-14(13-6(5)9)4-8(10,11)12/h3H,2,4H2,1H3. The molecule has 0 spiro atoms. The first kappa shape index (κ1) is 12.8. The molecule has 0 aliphatic heterocycles. The lowest BCUT2D eigenvalue weighted by Gasteiger charge is -2.04. The first-order valence-corrected chi connectivity index (χ1v) is 4.68. The van der Waals surface area contributed by atoms with Crippen molar-refractivity contribution in [3.05, 3.63) is 16.9 Å². The molecule has 0 bridgehead atoms. The molecule has 8 heteroatoms. The highest BCUT2D eigenvalue weighted by Crippen LogP contribution is 2.20. The van der Waals surface area contributed by atoms with Crippen molar-refractivity contribution in [3.63, 3.8) is 0 Å². The zero-order chi connectivity index (χ0) is 12.3. The van der Waals surface area contributed by atoms with Crippen LogP contribution in [-0.4, -0.2) is 28.5 Å². The lowest BCUT2D eigenvalue weighted by Crippen LogP contribution is -2.18. The van der Waals surface area contributed by atoms with Crippen molar-refractivity contribution >= 4 is 17.6 Å². The fourth-order valence-electron chi connectivity index (χ4n) is 1.01. The average molecular weight is 257 g/mol. The number of rotatable bonds is 3. The Morgan fingerprint density at radius 3 is 2.75 bits per heavy atom. The summed E-state index contributed by atoms with van der Waals surface area (Å²) in [7, 11) is 0. The zero-order valence-electron chi connectivity index (χ0n) is 8.21. The van der Waals surface area contributed by atoms with Gasteiger partial charge in [-0.2, -0.15) is 18.3 Å². The number of nitrogens with zero attached hydrogens (tertiary/aromatic N) is 2. The lowest BCUT2D eigenvalue weighted by atomic mass is 10.4. The number of carbonyl (C=O) groups is 1. The van der Waals surface area contributed by atoms with Gasteiger partial charge < -0.3 is 4.74 Å². The summed E-state index contributed by atoms with van der Waals surface area (Å²) >= 11 is 5.50. The molecule has 0 N–H and O–H groups in total. The van der Waals surface area contributed by atoms with E-state index in [0.717, 1.165) is 6.20 Å². The summed E-state index contributed by atoms with van der Waals surface area (Å²) in [5, 5.41) is 3.06. The molecule has 1 heterocycles. The Morgan fingerprint density at radius 2 is 2.25 bits per heavy atom. The average Bonchev–Trinajstić information content (AvgIpc) is 2.44. The Labute approximate surface area is 93.9 Å². The van der Waals surface area contributed by atoms with Crippen LogP contribution in [0.25, 0.3) is 0 Å². The number of hydrogen-bond donors (Lipinski definition) is 0. The molecular formula is C8H8ClF3N2O2. The van der Waals surface area contributed by atoms with E-state index in [9.17, 15) is 18.0 Å². The minimum Gasteiger partial charge on any atom is -0.462 e. The van der Waals surface area contributed by atoms with Crippen molar-refractivity contribution in [3.8, 4) is 0 Å². The fraction of sp³-hybridized carbons (Fsp3) is 0.500. The minimum atomic E-state index is -4.42. The van der Waals surface area contributed by atoms with Crippen LogP contribution in [0.4, 0.5) is 13.2 Å². The largest absolute Gasteiger partial charge is 0.462 e. The molecule has 0 aliphatic carbocycles. The summed E-state index contributed by atoms with van der Waals surface area (Å²) < 4.78 is 41.2. The van der Waals surface area contributed by atoms with E-state index in [1.165, 1.54) is 0 Å². The second-order valence-corrected chi connectivity index (χ2v) is 3.22. The maximum Gasteiger partial charge on any atom is 0.408 e. The summed E-state index contributed by atoms with van der Waals surface area (Å²) in [6.45, 7) is 0.387. The van der Waals surface area contributed by atoms with Crippen molar-refractivity contribution in [2.75, 3.05) is 6.61 Å².